The molecule has 0 radical (unpaired) electrons. The minimum atomic E-state index is -0.444. The summed E-state index contributed by atoms with van der Waals surface area (Å²) in [5, 5.41) is 23.5. The second-order valence-electron chi connectivity index (χ2n) is 8.06. The molecule has 0 bridgehead atoms. The van der Waals surface area contributed by atoms with E-state index in [1.165, 1.54) is 0 Å². The number of rotatable bonds is 5. The van der Waals surface area contributed by atoms with Crippen LogP contribution in [0.5, 0.6) is 5.75 Å². The van der Waals surface area contributed by atoms with Gasteiger partial charge in [-0.1, -0.05) is 12.1 Å². The Hall–Kier alpha value is -2.45. The summed E-state index contributed by atoms with van der Waals surface area (Å²) in [7, 11) is 0. The van der Waals surface area contributed by atoms with Crippen molar-refractivity contribution in [3.05, 3.63) is 23.9 Å². The Bertz CT molecular complexity index is 882. The van der Waals surface area contributed by atoms with Gasteiger partial charge in [-0.05, 0) is 44.6 Å². The summed E-state index contributed by atoms with van der Waals surface area (Å²) in [5.74, 6) is 0.981. The molecule has 156 valence electrons. The number of carbonyl (C=O) groups excluding carboxylic acids is 1. The van der Waals surface area contributed by atoms with Crippen LogP contribution in [-0.4, -0.2) is 68.9 Å². The standard InChI is InChI=1S/C21H28N4O4/c1-13-2-3-14-10-22-21(23-15-4-6-16(26)7-5-15)24-19(14)20(13)29-12-18(28)25-9-8-17(27)11-25/h2-3,10,15-17,26-27H,4-9,11-12H2,1H3,(H,22,23,24)/t15-,16-,17?. The van der Waals surface area contributed by atoms with E-state index in [1.54, 1.807) is 11.1 Å². The lowest BCUT2D eigenvalue weighted by Gasteiger charge is -2.26. The number of carbonyl (C=O) groups is 1. The molecule has 8 heteroatoms. The van der Waals surface area contributed by atoms with Gasteiger partial charge in [0.05, 0.1) is 12.2 Å². The van der Waals surface area contributed by atoms with Crippen LogP contribution in [0.3, 0.4) is 0 Å². The van der Waals surface area contributed by atoms with Crippen LogP contribution in [0.15, 0.2) is 18.3 Å². The van der Waals surface area contributed by atoms with Gasteiger partial charge in [0.1, 0.15) is 11.3 Å². The fraction of sp³-hybridized carbons (Fsp3) is 0.571. The lowest BCUT2D eigenvalue weighted by molar-refractivity contribution is -0.132. The van der Waals surface area contributed by atoms with Gasteiger partial charge in [-0.2, -0.15) is 0 Å². The van der Waals surface area contributed by atoms with Crippen LogP contribution in [0, 0.1) is 6.92 Å². The third kappa shape index (κ3) is 4.59. The molecule has 0 spiro atoms. The number of likely N-dealkylation sites (tertiary alicyclic amines) is 1. The normalized spacial score (nSPS) is 24.7. The minimum absolute atomic E-state index is 0.0834. The van der Waals surface area contributed by atoms with Crippen molar-refractivity contribution < 1.29 is 19.7 Å². The number of nitrogens with one attached hydrogen (secondary N) is 1. The SMILES string of the molecule is Cc1ccc2cnc(N[C@H]3CC[C@H](O)CC3)nc2c1OCC(=O)N1CCC(O)C1. The van der Waals surface area contributed by atoms with Crippen LogP contribution in [0.25, 0.3) is 10.9 Å². The molecule has 1 aromatic carbocycles. The number of aliphatic hydroxyl groups excluding tert-OH is 2. The zero-order valence-electron chi connectivity index (χ0n) is 16.7. The van der Waals surface area contributed by atoms with Gasteiger partial charge >= 0.3 is 0 Å². The van der Waals surface area contributed by atoms with E-state index < -0.39 is 6.10 Å². The van der Waals surface area contributed by atoms with Crippen molar-refractivity contribution >= 4 is 22.8 Å². The number of β-amino-alcohol motifs (C(OH)–C–C–N with tert-alkyl or cyclic N) is 1. The number of anilines is 1. The van der Waals surface area contributed by atoms with E-state index in [0.29, 0.717) is 36.7 Å². The number of amides is 1. The highest BCUT2D eigenvalue weighted by Gasteiger charge is 2.25. The predicted molar refractivity (Wildman–Crippen MR) is 109 cm³/mol. The number of ether oxygens (including phenoxy) is 1. The number of aryl methyl sites for hydroxylation is 1. The first-order chi connectivity index (χ1) is 14.0. The zero-order chi connectivity index (χ0) is 20.4. The second kappa shape index (κ2) is 8.51. The predicted octanol–water partition coefficient (Wildman–Crippen LogP) is 1.63. The highest BCUT2D eigenvalue weighted by molar-refractivity contribution is 5.87. The van der Waals surface area contributed by atoms with Crippen molar-refractivity contribution in [3.63, 3.8) is 0 Å². The number of benzene rings is 1. The molecule has 1 atom stereocenters. The third-order valence-corrected chi connectivity index (χ3v) is 5.79. The van der Waals surface area contributed by atoms with E-state index in [1.807, 2.05) is 19.1 Å². The van der Waals surface area contributed by atoms with Crippen molar-refractivity contribution in [3.8, 4) is 5.75 Å². The summed E-state index contributed by atoms with van der Waals surface area (Å²) in [6.07, 6.45) is 5.06. The molecule has 1 unspecified atom stereocenters. The van der Waals surface area contributed by atoms with Gasteiger partial charge in [-0.15, -0.1) is 0 Å². The van der Waals surface area contributed by atoms with Crippen molar-refractivity contribution in [2.75, 3.05) is 25.0 Å². The van der Waals surface area contributed by atoms with Gasteiger partial charge in [0, 0.05) is 30.7 Å². The van der Waals surface area contributed by atoms with E-state index in [0.717, 1.165) is 36.6 Å². The van der Waals surface area contributed by atoms with Crippen molar-refractivity contribution in [2.24, 2.45) is 0 Å². The maximum atomic E-state index is 12.4. The molecule has 2 fully saturated rings. The quantitative estimate of drug-likeness (QED) is 0.700. The third-order valence-electron chi connectivity index (χ3n) is 5.79. The molecule has 3 N–H and O–H groups in total. The van der Waals surface area contributed by atoms with Crippen LogP contribution in [0.2, 0.25) is 0 Å². The minimum Gasteiger partial charge on any atom is -0.481 e. The molecular formula is C21H28N4O4. The molecule has 2 aliphatic rings. The number of nitrogens with zero attached hydrogens (tertiary/aromatic N) is 3. The first-order valence-electron chi connectivity index (χ1n) is 10.3. The Morgan fingerprint density at radius 1 is 1.21 bits per heavy atom. The van der Waals surface area contributed by atoms with E-state index >= 15 is 0 Å². The van der Waals surface area contributed by atoms with E-state index in [9.17, 15) is 15.0 Å². The number of aromatic nitrogens is 2. The van der Waals surface area contributed by atoms with E-state index in [-0.39, 0.29) is 24.7 Å². The molecule has 1 amide bonds. The molecule has 2 heterocycles. The molecular weight excluding hydrogens is 372 g/mol. The summed E-state index contributed by atoms with van der Waals surface area (Å²) >= 11 is 0. The molecule has 1 aromatic heterocycles. The Morgan fingerprint density at radius 2 is 2.00 bits per heavy atom. The van der Waals surface area contributed by atoms with Crippen LogP contribution in [-0.2, 0) is 4.79 Å². The van der Waals surface area contributed by atoms with Crippen molar-refractivity contribution in [2.45, 2.75) is 57.3 Å². The van der Waals surface area contributed by atoms with Crippen molar-refractivity contribution in [1.82, 2.24) is 14.9 Å². The van der Waals surface area contributed by atoms with Crippen LogP contribution >= 0.6 is 0 Å². The number of fused-ring (bicyclic) bond motifs is 1. The maximum absolute atomic E-state index is 12.4. The summed E-state index contributed by atoms with van der Waals surface area (Å²) in [6.45, 7) is 2.77. The van der Waals surface area contributed by atoms with Gasteiger partial charge in [0.25, 0.3) is 5.91 Å². The Morgan fingerprint density at radius 3 is 2.72 bits per heavy atom. The van der Waals surface area contributed by atoms with E-state index in [2.05, 4.69) is 15.3 Å². The van der Waals surface area contributed by atoms with Crippen LogP contribution in [0.1, 0.15) is 37.7 Å². The molecule has 1 aliphatic heterocycles. The first kappa shape index (κ1) is 19.8. The molecule has 1 saturated carbocycles. The topological polar surface area (TPSA) is 108 Å². The Balaban J connectivity index is 1.50. The molecule has 1 aliphatic carbocycles. The fourth-order valence-corrected chi connectivity index (χ4v) is 4.02. The van der Waals surface area contributed by atoms with Gasteiger partial charge in [0.2, 0.25) is 5.95 Å². The number of aliphatic hydroxyl groups is 2. The first-order valence-corrected chi connectivity index (χ1v) is 10.3. The molecule has 29 heavy (non-hydrogen) atoms. The summed E-state index contributed by atoms with van der Waals surface area (Å²) in [4.78, 5) is 23.1. The van der Waals surface area contributed by atoms with E-state index in [4.69, 9.17) is 4.74 Å². The molecule has 4 rings (SSSR count). The Kier molecular flexibility index (Phi) is 5.82. The lowest BCUT2D eigenvalue weighted by atomic mass is 9.93. The largest absolute Gasteiger partial charge is 0.481 e. The van der Waals surface area contributed by atoms with Gasteiger partial charge in [0.15, 0.2) is 6.61 Å². The van der Waals surface area contributed by atoms with Crippen LogP contribution in [0.4, 0.5) is 5.95 Å². The summed E-state index contributed by atoms with van der Waals surface area (Å²) in [6, 6.07) is 4.12. The number of hydrogen-bond donors (Lipinski definition) is 3. The summed E-state index contributed by atoms with van der Waals surface area (Å²) in [5.41, 5.74) is 1.57. The van der Waals surface area contributed by atoms with Gasteiger partial charge in [-0.25, -0.2) is 9.97 Å². The molecule has 2 aromatic rings. The van der Waals surface area contributed by atoms with Gasteiger partial charge in [-0.3, -0.25) is 4.79 Å². The average molecular weight is 400 g/mol. The monoisotopic (exact) mass is 400 g/mol. The highest BCUT2D eigenvalue weighted by atomic mass is 16.5. The second-order valence-corrected chi connectivity index (χ2v) is 8.06. The maximum Gasteiger partial charge on any atom is 0.260 e. The smallest absolute Gasteiger partial charge is 0.260 e. The Labute approximate surface area is 169 Å². The fourth-order valence-electron chi connectivity index (χ4n) is 4.02. The molecule has 1 saturated heterocycles. The highest BCUT2D eigenvalue weighted by Crippen LogP contribution is 2.29. The van der Waals surface area contributed by atoms with Gasteiger partial charge < -0.3 is 25.2 Å². The zero-order valence-corrected chi connectivity index (χ0v) is 16.7. The molecule has 8 nitrogen and oxygen atoms in total. The number of hydrogen-bond acceptors (Lipinski definition) is 7. The summed E-state index contributed by atoms with van der Waals surface area (Å²) < 4.78 is 5.89. The van der Waals surface area contributed by atoms with Crippen LogP contribution < -0.4 is 10.1 Å². The average Bonchev–Trinajstić information content (AvgIpc) is 3.15. The van der Waals surface area contributed by atoms with Crippen molar-refractivity contribution in [1.29, 1.82) is 0 Å². The lowest BCUT2D eigenvalue weighted by Crippen LogP contribution is -2.33.